The number of nitrogen functional groups attached to an aromatic ring is 1. The zero-order valence-corrected chi connectivity index (χ0v) is 10.5. The highest BCUT2D eigenvalue weighted by molar-refractivity contribution is 9.10. The van der Waals surface area contributed by atoms with E-state index < -0.39 is 5.51 Å². The first kappa shape index (κ1) is 13.5. The molecule has 0 unspecified atom stereocenters. The van der Waals surface area contributed by atoms with E-state index in [0.717, 1.165) is 4.47 Å². The van der Waals surface area contributed by atoms with Crippen molar-refractivity contribution >= 4 is 33.4 Å². The lowest BCUT2D eigenvalue weighted by atomic mass is 10.3. The highest BCUT2D eigenvalue weighted by Gasteiger charge is 2.27. The molecule has 16 heavy (non-hydrogen) atoms. The summed E-state index contributed by atoms with van der Waals surface area (Å²) in [5.74, 6) is 0.241. The molecule has 2 nitrogen and oxygen atoms in total. The molecule has 0 aliphatic carbocycles. The molecule has 90 valence electrons. The Morgan fingerprint density at radius 3 is 2.62 bits per heavy atom. The van der Waals surface area contributed by atoms with Crippen LogP contribution in [0.2, 0.25) is 0 Å². The maximum absolute atomic E-state index is 11.8. The van der Waals surface area contributed by atoms with Crippen molar-refractivity contribution in [2.75, 3.05) is 18.1 Å². The Morgan fingerprint density at radius 2 is 2.06 bits per heavy atom. The summed E-state index contributed by atoms with van der Waals surface area (Å²) in [7, 11) is 0. The molecular formula is C9H9BrF3NOS. The zero-order valence-electron chi connectivity index (χ0n) is 8.05. The Labute approximate surface area is 103 Å². The maximum Gasteiger partial charge on any atom is 0.441 e. The number of hydrogen-bond donors (Lipinski definition) is 1. The van der Waals surface area contributed by atoms with Gasteiger partial charge in [-0.25, -0.2) is 0 Å². The third kappa shape index (κ3) is 4.98. The first-order valence-corrected chi connectivity index (χ1v) is 6.05. The fraction of sp³-hybridized carbons (Fsp3) is 0.333. The van der Waals surface area contributed by atoms with Gasteiger partial charge in [0.15, 0.2) is 0 Å². The zero-order chi connectivity index (χ0) is 12.2. The first-order chi connectivity index (χ1) is 7.38. The van der Waals surface area contributed by atoms with Crippen LogP contribution >= 0.6 is 27.7 Å². The van der Waals surface area contributed by atoms with E-state index in [1.54, 1.807) is 18.2 Å². The smallest absolute Gasteiger partial charge is 0.441 e. The third-order valence-corrected chi connectivity index (χ3v) is 2.77. The Bertz CT molecular complexity index is 359. The van der Waals surface area contributed by atoms with Gasteiger partial charge < -0.3 is 10.5 Å². The van der Waals surface area contributed by atoms with Crippen molar-refractivity contribution in [2.24, 2.45) is 0 Å². The normalized spacial score (nSPS) is 11.5. The number of hydrogen-bond acceptors (Lipinski definition) is 3. The van der Waals surface area contributed by atoms with Gasteiger partial charge >= 0.3 is 5.51 Å². The van der Waals surface area contributed by atoms with E-state index >= 15 is 0 Å². The minimum atomic E-state index is -4.21. The molecule has 1 aromatic rings. The molecular weight excluding hydrogens is 307 g/mol. The van der Waals surface area contributed by atoms with Crippen LogP contribution in [-0.2, 0) is 0 Å². The van der Waals surface area contributed by atoms with Gasteiger partial charge in [-0.2, -0.15) is 13.2 Å². The number of nitrogens with two attached hydrogens (primary N) is 1. The van der Waals surface area contributed by atoms with Crippen LogP contribution in [0.4, 0.5) is 18.9 Å². The average Bonchev–Trinajstić information content (AvgIpc) is 2.13. The molecule has 2 N–H and O–H groups in total. The van der Waals surface area contributed by atoms with Gasteiger partial charge in [0.2, 0.25) is 0 Å². The van der Waals surface area contributed by atoms with Crippen LogP contribution in [0.15, 0.2) is 22.7 Å². The van der Waals surface area contributed by atoms with Gasteiger partial charge in [0, 0.05) is 10.2 Å². The van der Waals surface area contributed by atoms with Crippen LogP contribution < -0.4 is 10.5 Å². The van der Waals surface area contributed by atoms with E-state index in [-0.39, 0.29) is 24.1 Å². The third-order valence-electron chi connectivity index (χ3n) is 1.58. The highest BCUT2D eigenvalue weighted by Crippen LogP contribution is 2.30. The first-order valence-electron chi connectivity index (χ1n) is 4.27. The topological polar surface area (TPSA) is 35.2 Å². The average molecular weight is 316 g/mol. The molecule has 0 aliphatic heterocycles. The van der Waals surface area contributed by atoms with Crippen LogP contribution in [0.1, 0.15) is 0 Å². The van der Waals surface area contributed by atoms with Gasteiger partial charge in [-0.05, 0) is 30.0 Å². The Balaban J connectivity index is 2.38. The van der Waals surface area contributed by atoms with E-state index in [4.69, 9.17) is 10.5 Å². The molecule has 0 spiro atoms. The molecule has 0 atom stereocenters. The highest BCUT2D eigenvalue weighted by atomic mass is 79.9. The Morgan fingerprint density at radius 1 is 1.38 bits per heavy atom. The molecule has 0 heterocycles. The van der Waals surface area contributed by atoms with Gasteiger partial charge in [-0.15, -0.1) is 0 Å². The van der Waals surface area contributed by atoms with E-state index in [2.05, 4.69) is 15.9 Å². The summed E-state index contributed by atoms with van der Waals surface area (Å²) in [4.78, 5) is 0. The quantitative estimate of drug-likeness (QED) is 0.680. The second-order valence-electron chi connectivity index (χ2n) is 2.82. The summed E-state index contributed by atoms with van der Waals surface area (Å²) >= 11 is 3.10. The standard InChI is InChI=1S/C9H9BrF3NOS/c10-6-1-2-8(7(14)5-6)15-3-4-16-9(11,12)13/h1-2,5H,3-4,14H2. The van der Waals surface area contributed by atoms with Crippen LogP contribution in [0.5, 0.6) is 5.75 Å². The van der Waals surface area contributed by atoms with Crippen molar-refractivity contribution in [3.63, 3.8) is 0 Å². The number of anilines is 1. The molecule has 0 radical (unpaired) electrons. The molecule has 0 fully saturated rings. The number of benzene rings is 1. The number of alkyl halides is 3. The van der Waals surface area contributed by atoms with E-state index in [1.807, 2.05) is 0 Å². The van der Waals surface area contributed by atoms with Crippen molar-refractivity contribution in [2.45, 2.75) is 5.51 Å². The minimum absolute atomic E-state index is 0.0317. The van der Waals surface area contributed by atoms with E-state index in [9.17, 15) is 13.2 Å². The van der Waals surface area contributed by atoms with Crippen molar-refractivity contribution in [3.05, 3.63) is 22.7 Å². The Kier molecular flexibility index (Phi) is 4.79. The molecule has 1 rings (SSSR count). The largest absolute Gasteiger partial charge is 0.491 e. The van der Waals surface area contributed by atoms with Gasteiger partial charge in [0.1, 0.15) is 5.75 Å². The lowest BCUT2D eigenvalue weighted by Crippen LogP contribution is -2.08. The van der Waals surface area contributed by atoms with Crippen LogP contribution in [0.3, 0.4) is 0 Å². The minimum Gasteiger partial charge on any atom is -0.491 e. The lowest BCUT2D eigenvalue weighted by molar-refractivity contribution is -0.0329. The Hall–Kier alpha value is -0.560. The predicted molar refractivity (Wildman–Crippen MR) is 62.6 cm³/mol. The molecule has 0 saturated carbocycles. The molecule has 7 heteroatoms. The summed E-state index contributed by atoms with van der Waals surface area (Å²) in [6.07, 6.45) is 0. The van der Waals surface area contributed by atoms with Crippen LogP contribution in [0, 0.1) is 0 Å². The van der Waals surface area contributed by atoms with Gasteiger partial charge in [-0.3, -0.25) is 0 Å². The summed E-state index contributed by atoms with van der Waals surface area (Å²) in [6, 6.07) is 4.95. The fourth-order valence-corrected chi connectivity index (χ4v) is 1.74. The van der Waals surface area contributed by atoms with Crippen molar-refractivity contribution in [1.29, 1.82) is 0 Å². The second-order valence-corrected chi connectivity index (χ2v) is 4.90. The molecule has 0 amide bonds. The number of halogens is 4. The SMILES string of the molecule is Nc1cc(Br)ccc1OCCSC(F)(F)F. The summed E-state index contributed by atoms with van der Waals surface area (Å²) in [5.41, 5.74) is 1.79. The predicted octanol–water partition coefficient (Wildman–Crippen LogP) is 3.66. The van der Waals surface area contributed by atoms with Gasteiger partial charge in [-0.1, -0.05) is 15.9 Å². The molecule has 0 aromatic heterocycles. The fourth-order valence-electron chi connectivity index (χ4n) is 0.960. The molecule has 0 bridgehead atoms. The summed E-state index contributed by atoms with van der Waals surface area (Å²) in [6.45, 7) is -0.0317. The summed E-state index contributed by atoms with van der Waals surface area (Å²) < 4.78 is 41.3. The van der Waals surface area contributed by atoms with E-state index in [0.29, 0.717) is 11.4 Å². The molecule has 1 aromatic carbocycles. The van der Waals surface area contributed by atoms with Gasteiger partial charge in [0.05, 0.1) is 12.3 Å². The van der Waals surface area contributed by atoms with Crippen molar-refractivity contribution < 1.29 is 17.9 Å². The second kappa shape index (κ2) is 5.67. The van der Waals surface area contributed by atoms with E-state index in [1.165, 1.54) is 0 Å². The van der Waals surface area contributed by atoms with Crippen LogP contribution in [-0.4, -0.2) is 17.9 Å². The molecule has 0 saturated heterocycles. The van der Waals surface area contributed by atoms with Crippen molar-refractivity contribution in [1.82, 2.24) is 0 Å². The molecule has 0 aliphatic rings. The van der Waals surface area contributed by atoms with Crippen molar-refractivity contribution in [3.8, 4) is 5.75 Å². The lowest BCUT2D eigenvalue weighted by Gasteiger charge is -2.09. The summed E-state index contributed by atoms with van der Waals surface area (Å²) in [5, 5.41) is 0. The van der Waals surface area contributed by atoms with Crippen LogP contribution in [0.25, 0.3) is 0 Å². The maximum atomic E-state index is 11.8. The number of ether oxygens (including phenoxy) is 1. The monoisotopic (exact) mass is 315 g/mol. The number of thioether (sulfide) groups is 1. The van der Waals surface area contributed by atoms with Gasteiger partial charge in [0.25, 0.3) is 0 Å². The number of rotatable bonds is 4.